The molecule has 1 aliphatic rings. The minimum absolute atomic E-state index is 0.208. The molecule has 43 heavy (non-hydrogen) atoms. The van der Waals surface area contributed by atoms with Crippen LogP contribution in [0.2, 0.25) is 0 Å². The first-order valence-corrected chi connectivity index (χ1v) is 13.2. The molecule has 15 heteroatoms. The van der Waals surface area contributed by atoms with Gasteiger partial charge in [0.25, 0.3) is 5.91 Å². The highest BCUT2D eigenvalue weighted by Gasteiger charge is 2.60. The first-order valence-electron chi connectivity index (χ1n) is 12.4. The lowest BCUT2D eigenvalue weighted by atomic mass is 9.99. The van der Waals surface area contributed by atoms with Crippen LogP contribution in [0.1, 0.15) is 16.8 Å². The van der Waals surface area contributed by atoms with Gasteiger partial charge in [0.05, 0.1) is 11.2 Å². The molecule has 2 aromatic heterocycles. The summed E-state index contributed by atoms with van der Waals surface area (Å²) < 4.78 is 76.7. The number of benzene rings is 2. The molecule has 0 aliphatic carbocycles. The van der Waals surface area contributed by atoms with Crippen LogP contribution < -0.4 is 4.90 Å². The third-order valence-corrected chi connectivity index (χ3v) is 7.20. The molecule has 3 heterocycles. The van der Waals surface area contributed by atoms with Crippen molar-refractivity contribution >= 4 is 46.3 Å². The van der Waals surface area contributed by atoms with Gasteiger partial charge in [-0.2, -0.15) is 31.2 Å². The number of rotatable bonds is 7. The maximum Gasteiger partial charge on any atom is 0.497 e. The number of halogens is 6. The predicted molar refractivity (Wildman–Crippen MR) is 141 cm³/mol. The quantitative estimate of drug-likeness (QED) is 0.103. The molecule has 0 N–H and O–H groups in total. The van der Waals surface area contributed by atoms with Gasteiger partial charge in [-0.3, -0.25) is 19.6 Å². The molecule has 1 aliphatic heterocycles. The van der Waals surface area contributed by atoms with E-state index < -0.39 is 59.1 Å². The Labute approximate surface area is 243 Å². The molecule has 0 spiro atoms. The Morgan fingerprint density at radius 1 is 0.884 bits per heavy atom. The minimum Gasteiger partial charge on any atom is -0.267 e. The van der Waals surface area contributed by atoms with Gasteiger partial charge in [-0.1, -0.05) is 18.2 Å². The zero-order chi connectivity index (χ0) is 31.0. The topological polar surface area (TPSA) is 89.5 Å². The maximum absolute atomic E-state index is 13.8. The summed E-state index contributed by atoms with van der Waals surface area (Å²) in [6, 6.07) is 14.6. The largest absolute Gasteiger partial charge is 0.497 e. The summed E-state index contributed by atoms with van der Waals surface area (Å²) in [5.41, 5.74) is -2.79. The summed E-state index contributed by atoms with van der Waals surface area (Å²) in [6.07, 6.45) is -2.25. The number of thioether (sulfide) groups is 1. The fraction of sp³-hybridized carbons (Fsp3) is 0.179. The van der Waals surface area contributed by atoms with Crippen LogP contribution in [0.3, 0.4) is 0 Å². The first-order chi connectivity index (χ1) is 20.3. The van der Waals surface area contributed by atoms with Gasteiger partial charge in [0, 0.05) is 40.4 Å². The van der Waals surface area contributed by atoms with Gasteiger partial charge in [0.1, 0.15) is 0 Å². The number of aromatic nitrogens is 2. The van der Waals surface area contributed by atoms with Gasteiger partial charge in [-0.05, 0) is 70.5 Å². The van der Waals surface area contributed by atoms with Crippen molar-refractivity contribution in [2.24, 2.45) is 0 Å². The lowest BCUT2D eigenvalue weighted by Gasteiger charge is -2.27. The van der Waals surface area contributed by atoms with E-state index in [2.05, 4.69) is 9.97 Å². The van der Waals surface area contributed by atoms with E-state index in [-0.39, 0.29) is 16.1 Å². The smallest absolute Gasteiger partial charge is 0.267 e. The zero-order valence-corrected chi connectivity index (χ0v) is 22.5. The summed E-state index contributed by atoms with van der Waals surface area (Å²) in [4.78, 5) is 52.6. The van der Waals surface area contributed by atoms with Crippen LogP contribution in [-0.2, 0) is 27.4 Å². The Morgan fingerprint density at radius 3 is 2.28 bits per heavy atom. The fourth-order valence-corrected chi connectivity index (χ4v) is 5.28. The summed E-state index contributed by atoms with van der Waals surface area (Å²) in [5, 5.41) is 0.462. The highest BCUT2D eigenvalue weighted by Crippen LogP contribution is 2.39. The monoisotopic (exact) mass is 621 g/mol. The molecule has 1 saturated heterocycles. The average Bonchev–Trinajstić information content (AvgIpc) is 3.17. The molecular formula is C28H19F6N4O4S+. The highest BCUT2D eigenvalue weighted by atomic mass is 32.2. The van der Waals surface area contributed by atoms with E-state index in [0.29, 0.717) is 33.5 Å². The standard InChI is InChI=1S/C28H19F6N4O4S/c29-27(30,31)25(40)42-38(16-23(39)37(26(38)41)20-7-9-21(10-8-20)43-28(32,33)34)15-18-11-13-36-22-6-3-4-17(24(18)22)14-19-5-1-2-12-35-19/h1-13H,14-16H2/q+1. The molecule has 4 aromatic rings. The van der Waals surface area contributed by atoms with E-state index in [1.807, 2.05) is 0 Å². The van der Waals surface area contributed by atoms with Crippen molar-refractivity contribution in [2.75, 3.05) is 11.4 Å². The summed E-state index contributed by atoms with van der Waals surface area (Å²) in [6.45, 7) is -1.67. The van der Waals surface area contributed by atoms with E-state index in [4.69, 9.17) is 4.84 Å². The van der Waals surface area contributed by atoms with Crippen LogP contribution in [0.5, 0.6) is 0 Å². The second kappa shape index (κ2) is 11.3. The number of nitrogens with zero attached hydrogens (tertiary/aromatic N) is 4. The van der Waals surface area contributed by atoms with Crippen molar-refractivity contribution in [3.05, 3.63) is 95.9 Å². The van der Waals surface area contributed by atoms with Crippen LogP contribution in [0, 0.1) is 0 Å². The molecule has 5 rings (SSSR count). The number of imide groups is 1. The Morgan fingerprint density at radius 2 is 1.63 bits per heavy atom. The third kappa shape index (κ3) is 6.46. The normalized spacial score (nSPS) is 17.5. The number of pyridine rings is 2. The second-order valence-electron chi connectivity index (χ2n) is 9.41. The average molecular weight is 622 g/mol. The number of carbonyl (C=O) groups excluding carboxylic acids is 3. The summed E-state index contributed by atoms with van der Waals surface area (Å²) in [5.74, 6) is -3.72. The second-order valence-corrected chi connectivity index (χ2v) is 10.6. The number of quaternary nitrogens is 1. The Balaban J connectivity index is 1.56. The number of fused-ring (bicyclic) bond motifs is 1. The highest BCUT2D eigenvalue weighted by molar-refractivity contribution is 8.00. The van der Waals surface area contributed by atoms with Crippen LogP contribution in [0.15, 0.2) is 84.0 Å². The summed E-state index contributed by atoms with van der Waals surface area (Å²) in [7, 11) is 0. The van der Waals surface area contributed by atoms with E-state index >= 15 is 0 Å². The molecule has 3 amide bonds. The number of hydrogen-bond donors (Lipinski definition) is 0. The number of urea groups is 1. The van der Waals surface area contributed by atoms with Crippen molar-refractivity contribution in [2.45, 2.75) is 29.5 Å². The molecule has 1 unspecified atom stereocenters. The molecule has 1 atom stereocenters. The van der Waals surface area contributed by atoms with E-state index in [1.54, 1.807) is 42.6 Å². The molecule has 222 valence electrons. The maximum atomic E-state index is 13.8. The minimum atomic E-state index is -5.50. The van der Waals surface area contributed by atoms with Crippen LogP contribution >= 0.6 is 11.8 Å². The van der Waals surface area contributed by atoms with Crippen molar-refractivity contribution in [3.63, 3.8) is 0 Å². The van der Waals surface area contributed by atoms with Gasteiger partial charge in [0.2, 0.25) is 6.54 Å². The van der Waals surface area contributed by atoms with E-state index in [1.165, 1.54) is 12.3 Å². The fourth-order valence-electron chi connectivity index (χ4n) is 4.74. The lowest BCUT2D eigenvalue weighted by molar-refractivity contribution is -1.02. The Hall–Kier alpha value is -4.50. The van der Waals surface area contributed by atoms with Gasteiger partial charge >= 0.3 is 23.7 Å². The van der Waals surface area contributed by atoms with Crippen LogP contribution in [-0.4, -0.2) is 50.8 Å². The first kappa shape index (κ1) is 30.0. The predicted octanol–water partition coefficient (Wildman–Crippen LogP) is 6.34. The number of hydrogen-bond acceptors (Lipinski definition) is 7. The number of amides is 3. The van der Waals surface area contributed by atoms with Crippen molar-refractivity contribution < 1.29 is 50.2 Å². The van der Waals surface area contributed by atoms with Crippen molar-refractivity contribution in [1.29, 1.82) is 0 Å². The van der Waals surface area contributed by atoms with E-state index in [9.17, 15) is 40.7 Å². The van der Waals surface area contributed by atoms with Gasteiger partial charge in [-0.15, -0.1) is 0 Å². The molecule has 0 bridgehead atoms. The number of alkyl halides is 6. The number of carbonyl (C=O) groups is 3. The van der Waals surface area contributed by atoms with Gasteiger partial charge in [-0.25, -0.2) is 9.59 Å². The Bertz CT molecular complexity index is 1690. The zero-order valence-electron chi connectivity index (χ0n) is 21.7. The molecule has 0 saturated carbocycles. The van der Waals surface area contributed by atoms with Crippen molar-refractivity contribution in [3.8, 4) is 0 Å². The van der Waals surface area contributed by atoms with Crippen LogP contribution in [0.4, 0.5) is 36.8 Å². The Kier molecular flexibility index (Phi) is 7.88. The molecule has 0 radical (unpaired) electrons. The molecular weight excluding hydrogens is 602 g/mol. The third-order valence-electron chi connectivity index (χ3n) is 6.46. The van der Waals surface area contributed by atoms with Gasteiger partial charge in [0.15, 0.2) is 6.54 Å². The number of anilines is 1. The SMILES string of the molecule is O=C1C[N+](Cc2ccnc3cccc(Cc4ccccn4)c23)(OC(=O)C(F)(F)F)C(=O)N1c1ccc(SC(F)(F)F)cc1. The lowest BCUT2D eigenvalue weighted by Crippen LogP contribution is -2.53. The van der Waals surface area contributed by atoms with Crippen molar-refractivity contribution in [1.82, 2.24) is 9.97 Å². The van der Waals surface area contributed by atoms with E-state index in [0.717, 1.165) is 24.3 Å². The number of hydroxylamine groups is 3. The van der Waals surface area contributed by atoms with Crippen LogP contribution in [0.25, 0.3) is 10.9 Å². The molecule has 2 aromatic carbocycles. The molecule has 8 nitrogen and oxygen atoms in total. The van der Waals surface area contributed by atoms with Gasteiger partial charge < -0.3 is 0 Å². The summed E-state index contributed by atoms with van der Waals surface area (Å²) >= 11 is -0.428. The molecule has 1 fully saturated rings.